The molecule has 1 aromatic carbocycles. The highest BCUT2D eigenvalue weighted by Gasteiger charge is 2.11. The fraction of sp³-hybridized carbons (Fsp3) is 0.286. The van der Waals surface area contributed by atoms with Crippen LogP contribution in [0.15, 0.2) is 35.4 Å². The van der Waals surface area contributed by atoms with Crippen molar-refractivity contribution in [3.8, 4) is 5.75 Å². The van der Waals surface area contributed by atoms with E-state index in [1.54, 1.807) is 6.20 Å². The monoisotopic (exact) mass is 329 g/mol. The maximum Gasteiger partial charge on any atom is 0.387 e. The summed E-state index contributed by atoms with van der Waals surface area (Å²) < 4.78 is 30.7. The van der Waals surface area contributed by atoms with Crippen LogP contribution in [-0.4, -0.2) is 16.2 Å². The predicted octanol–water partition coefficient (Wildman–Crippen LogP) is 3.13. The highest BCUT2D eigenvalue weighted by molar-refractivity contribution is 6.30. The number of alkyl halides is 2. The number of aromatic nitrogens is 2. The van der Waals surface area contributed by atoms with Crippen LogP contribution in [0, 0.1) is 0 Å². The van der Waals surface area contributed by atoms with E-state index in [0.717, 1.165) is 0 Å². The Bertz CT molecular complexity index is 707. The summed E-state index contributed by atoms with van der Waals surface area (Å²) >= 11 is 5.86. The minimum Gasteiger partial charge on any atom is -0.434 e. The number of hydrogen-bond donors (Lipinski definition) is 1. The lowest BCUT2D eigenvalue weighted by atomic mass is 10.2. The number of ether oxygens (including phenoxy) is 1. The van der Waals surface area contributed by atoms with Gasteiger partial charge in [0.1, 0.15) is 5.75 Å². The molecule has 0 unspecified atom stereocenters. The summed E-state index contributed by atoms with van der Waals surface area (Å²) in [4.78, 5) is 16.0. The topological polar surface area (TPSA) is 56.1 Å². The van der Waals surface area contributed by atoms with Gasteiger partial charge in [0.25, 0.3) is 5.56 Å². The number of aryl methyl sites for hydroxylation is 1. The van der Waals surface area contributed by atoms with E-state index in [4.69, 9.17) is 11.6 Å². The molecule has 118 valence electrons. The first-order valence-corrected chi connectivity index (χ1v) is 6.91. The molecule has 0 fully saturated rings. The molecule has 0 amide bonds. The Kier molecular flexibility index (Phi) is 5.32. The van der Waals surface area contributed by atoms with Crippen molar-refractivity contribution in [1.29, 1.82) is 0 Å². The number of halogens is 3. The van der Waals surface area contributed by atoms with Gasteiger partial charge < -0.3 is 14.6 Å². The fourth-order valence-corrected chi connectivity index (χ4v) is 2.09. The summed E-state index contributed by atoms with van der Waals surface area (Å²) in [6, 6.07) is 4.30. The summed E-state index contributed by atoms with van der Waals surface area (Å²) in [5.74, 6) is 0.131. The molecule has 0 aliphatic carbocycles. The maximum absolute atomic E-state index is 12.4. The van der Waals surface area contributed by atoms with E-state index in [1.165, 1.54) is 29.0 Å². The van der Waals surface area contributed by atoms with Gasteiger partial charge in [-0.3, -0.25) is 4.79 Å². The molecule has 0 bridgehead atoms. The molecule has 0 aliphatic heterocycles. The van der Waals surface area contributed by atoms with Crippen molar-refractivity contribution in [3.63, 3.8) is 0 Å². The van der Waals surface area contributed by atoms with E-state index in [-0.39, 0.29) is 23.7 Å². The van der Waals surface area contributed by atoms with Crippen LogP contribution in [0.25, 0.3) is 0 Å². The van der Waals surface area contributed by atoms with Crippen LogP contribution in [-0.2, 0) is 13.1 Å². The lowest BCUT2D eigenvalue weighted by Gasteiger charge is -2.12. The third-order valence-electron chi connectivity index (χ3n) is 2.94. The Hall–Kier alpha value is -2.15. The van der Waals surface area contributed by atoms with Crippen molar-refractivity contribution in [3.05, 3.63) is 51.5 Å². The predicted molar refractivity (Wildman–Crippen MR) is 79.6 cm³/mol. The molecule has 1 aromatic heterocycles. The second kappa shape index (κ2) is 7.22. The molecular formula is C14H14ClF2N3O2. The first-order valence-electron chi connectivity index (χ1n) is 6.53. The van der Waals surface area contributed by atoms with Crippen LogP contribution in [0.4, 0.5) is 14.6 Å². The second-order valence-corrected chi connectivity index (χ2v) is 4.79. The molecule has 22 heavy (non-hydrogen) atoms. The number of hydrogen-bond acceptors (Lipinski definition) is 4. The highest BCUT2D eigenvalue weighted by atomic mass is 35.5. The summed E-state index contributed by atoms with van der Waals surface area (Å²) in [7, 11) is 0. The Morgan fingerprint density at radius 1 is 1.45 bits per heavy atom. The molecule has 5 nitrogen and oxygen atoms in total. The van der Waals surface area contributed by atoms with Gasteiger partial charge in [-0.1, -0.05) is 11.6 Å². The Morgan fingerprint density at radius 3 is 2.91 bits per heavy atom. The fourth-order valence-electron chi connectivity index (χ4n) is 1.89. The first kappa shape index (κ1) is 16.2. The zero-order valence-corrected chi connectivity index (χ0v) is 12.5. The summed E-state index contributed by atoms with van der Waals surface area (Å²) in [5, 5.41) is 3.20. The second-order valence-electron chi connectivity index (χ2n) is 4.35. The van der Waals surface area contributed by atoms with Crippen molar-refractivity contribution in [2.24, 2.45) is 0 Å². The van der Waals surface area contributed by atoms with Gasteiger partial charge in [0.15, 0.2) is 5.82 Å². The van der Waals surface area contributed by atoms with Crippen molar-refractivity contribution in [2.45, 2.75) is 26.6 Å². The average molecular weight is 330 g/mol. The average Bonchev–Trinajstić information content (AvgIpc) is 2.48. The van der Waals surface area contributed by atoms with Gasteiger partial charge >= 0.3 is 6.61 Å². The number of anilines is 1. The quantitative estimate of drug-likeness (QED) is 0.884. The lowest BCUT2D eigenvalue weighted by molar-refractivity contribution is -0.0504. The van der Waals surface area contributed by atoms with Crippen LogP contribution in [0.3, 0.4) is 0 Å². The molecule has 1 N–H and O–H groups in total. The van der Waals surface area contributed by atoms with Gasteiger partial charge in [-0.15, -0.1) is 0 Å². The van der Waals surface area contributed by atoms with Gasteiger partial charge in [-0.25, -0.2) is 4.98 Å². The van der Waals surface area contributed by atoms with E-state index < -0.39 is 6.61 Å². The summed E-state index contributed by atoms with van der Waals surface area (Å²) in [6.07, 6.45) is 3.06. The van der Waals surface area contributed by atoms with Gasteiger partial charge in [0.2, 0.25) is 0 Å². The van der Waals surface area contributed by atoms with Crippen LogP contribution in [0.2, 0.25) is 5.02 Å². The summed E-state index contributed by atoms with van der Waals surface area (Å²) in [5.41, 5.74) is 0.115. The molecule has 0 aliphatic rings. The summed E-state index contributed by atoms with van der Waals surface area (Å²) in [6.45, 7) is -0.519. The SMILES string of the molecule is CCn1ccnc(NCc2cc(Cl)ccc2OC(F)F)c1=O. The third kappa shape index (κ3) is 3.94. The minimum atomic E-state index is -2.94. The Morgan fingerprint density at radius 2 is 2.23 bits per heavy atom. The minimum absolute atomic E-state index is 0.00125. The van der Waals surface area contributed by atoms with E-state index in [2.05, 4.69) is 15.0 Å². The van der Waals surface area contributed by atoms with E-state index in [9.17, 15) is 13.6 Å². The van der Waals surface area contributed by atoms with E-state index in [1.807, 2.05) is 6.92 Å². The normalized spacial score (nSPS) is 10.8. The third-order valence-corrected chi connectivity index (χ3v) is 3.17. The van der Waals surface area contributed by atoms with Gasteiger partial charge in [-0.2, -0.15) is 8.78 Å². The Labute approximate surface area is 130 Å². The molecule has 2 aromatic rings. The molecule has 0 saturated heterocycles. The van der Waals surface area contributed by atoms with Crippen molar-refractivity contribution in [1.82, 2.24) is 9.55 Å². The number of nitrogens with zero attached hydrogens (tertiary/aromatic N) is 2. The molecular weight excluding hydrogens is 316 g/mol. The maximum atomic E-state index is 12.4. The van der Waals surface area contributed by atoms with Crippen LogP contribution in [0.5, 0.6) is 5.75 Å². The first-order chi connectivity index (χ1) is 10.5. The number of benzene rings is 1. The molecule has 0 saturated carbocycles. The number of rotatable bonds is 6. The zero-order valence-electron chi connectivity index (χ0n) is 11.7. The van der Waals surface area contributed by atoms with Crippen LogP contribution in [0.1, 0.15) is 12.5 Å². The standard InChI is InChI=1S/C14H14ClF2N3O2/c1-2-20-6-5-18-12(13(20)21)19-8-9-7-10(15)3-4-11(9)22-14(16)17/h3-7,14H,2,8H2,1H3,(H,18,19). The van der Waals surface area contributed by atoms with Crippen molar-refractivity contribution in [2.75, 3.05) is 5.32 Å². The van der Waals surface area contributed by atoms with Gasteiger partial charge in [0.05, 0.1) is 0 Å². The van der Waals surface area contributed by atoms with Gasteiger partial charge in [0, 0.05) is 36.1 Å². The largest absolute Gasteiger partial charge is 0.434 e. The van der Waals surface area contributed by atoms with Crippen molar-refractivity contribution >= 4 is 17.4 Å². The number of nitrogens with one attached hydrogen (secondary N) is 1. The highest BCUT2D eigenvalue weighted by Crippen LogP contribution is 2.25. The molecule has 0 spiro atoms. The molecule has 0 atom stereocenters. The van der Waals surface area contributed by atoms with Crippen LogP contribution >= 0.6 is 11.6 Å². The molecule has 2 rings (SSSR count). The van der Waals surface area contributed by atoms with E-state index >= 15 is 0 Å². The zero-order chi connectivity index (χ0) is 16.1. The van der Waals surface area contributed by atoms with E-state index in [0.29, 0.717) is 17.1 Å². The molecule has 8 heteroatoms. The Balaban J connectivity index is 2.21. The molecule has 1 heterocycles. The lowest BCUT2D eigenvalue weighted by Crippen LogP contribution is -2.23. The molecule has 0 radical (unpaired) electrons. The van der Waals surface area contributed by atoms with Gasteiger partial charge in [-0.05, 0) is 25.1 Å². The van der Waals surface area contributed by atoms with Crippen molar-refractivity contribution < 1.29 is 13.5 Å². The smallest absolute Gasteiger partial charge is 0.387 e. The van der Waals surface area contributed by atoms with Crippen LogP contribution < -0.4 is 15.6 Å².